The van der Waals surface area contributed by atoms with Crippen molar-refractivity contribution in [2.75, 3.05) is 37.1 Å². The van der Waals surface area contributed by atoms with Crippen LogP contribution in [0.1, 0.15) is 48.4 Å². The van der Waals surface area contributed by atoms with Gasteiger partial charge in [-0.15, -0.1) is 26.3 Å². The van der Waals surface area contributed by atoms with E-state index in [-0.39, 0.29) is 11.8 Å². The highest BCUT2D eigenvalue weighted by atomic mass is 19.4. The van der Waals surface area contributed by atoms with Crippen LogP contribution in [0.4, 0.5) is 46.8 Å². The third kappa shape index (κ3) is 9.96. The topological polar surface area (TPSA) is 147 Å². The summed E-state index contributed by atoms with van der Waals surface area (Å²) in [6, 6.07) is 9.46. The smallest absolute Gasteiger partial charge is 0.403 e. The van der Waals surface area contributed by atoms with E-state index in [1.807, 2.05) is 13.8 Å². The second-order valence-electron chi connectivity index (χ2n) is 12.8. The van der Waals surface area contributed by atoms with Crippen LogP contribution in [-0.2, 0) is 9.47 Å². The molecule has 2 aromatic carbocycles. The minimum atomic E-state index is -4.96. The second-order valence-corrected chi connectivity index (χ2v) is 12.8. The molecule has 4 aromatic heterocycles. The highest BCUT2D eigenvalue weighted by molar-refractivity contribution is 5.49. The van der Waals surface area contributed by atoms with E-state index in [9.17, 15) is 35.1 Å². The molecule has 22 heteroatoms. The molecule has 2 atom stereocenters. The predicted octanol–water partition coefficient (Wildman–Crippen LogP) is 7.57. The van der Waals surface area contributed by atoms with E-state index in [2.05, 4.69) is 50.2 Å². The van der Waals surface area contributed by atoms with Crippen LogP contribution in [0.3, 0.4) is 0 Å². The first-order valence-corrected chi connectivity index (χ1v) is 17.7. The van der Waals surface area contributed by atoms with Crippen LogP contribution in [0, 0.1) is 37.3 Å². The second kappa shape index (κ2) is 17.3. The monoisotopic (exact) mass is 824 g/mol. The van der Waals surface area contributed by atoms with Crippen LogP contribution in [0.25, 0.3) is 11.6 Å². The molecule has 2 fully saturated rings. The summed E-state index contributed by atoms with van der Waals surface area (Å²) in [5.74, 6) is -2.01. The summed E-state index contributed by atoms with van der Waals surface area (Å²) in [5, 5.41) is 14.8. The Labute approximate surface area is 324 Å². The van der Waals surface area contributed by atoms with E-state index in [1.54, 1.807) is 26.0 Å². The Bertz CT molecular complexity index is 2170. The molecular formula is C36H36F8N10O4. The van der Waals surface area contributed by atoms with Gasteiger partial charge in [-0.05, 0) is 49.2 Å². The predicted molar refractivity (Wildman–Crippen MR) is 190 cm³/mol. The molecule has 6 heterocycles. The number of hydrogen-bond acceptors (Lipinski definition) is 12. The van der Waals surface area contributed by atoms with E-state index in [0.717, 1.165) is 24.3 Å². The minimum absolute atomic E-state index is 0.000766. The van der Waals surface area contributed by atoms with Gasteiger partial charge in [0.15, 0.2) is 23.1 Å². The molecule has 0 spiro atoms. The van der Waals surface area contributed by atoms with Gasteiger partial charge in [0.2, 0.25) is 0 Å². The zero-order valence-corrected chi connectivity index (χ0v) is 31.1. The first kappa shape index (κ1) is 41.7. The summed E-state index contributed by atoms with van der Waals surface area (Å²) in [6.07, 6.45) is -7.21. The lowest BCUT2D eigenvalue weighted by molar-refractivity contribution is -0.276. The minimum Gasteiger partial charge on any atom is -0.403 e. The molecule has 58 heavy (non-hydrogen) atoms. The largest absolute Gasteiger partial charge is 0.573 e. The molecule has 8 rings (SSSR count). The maximum absolute atomic E-state index is 14.2. The van der Waals surface area contributed by atoms with Crippen molar-refractivity contribution in [3.63, 3.8) is 0 Å². The van der Waals surface area contributed by atoms with Gasteiger partial charge in [0, 0.05) is 35.4 Å². The molecule has 2 unspecified atom stereocenters. The Morgan fingerprint density at radius 3 is 1.33 bits per heavy atom. The van der Waals surface area contributed by atoms with Crippen LogP contribution in [0.5, 0.6) is 11.5 Å². The first-order chi connectivity index (χ1) is 27.6. The van der Waals surface area contributed by atoms with E-state index in [4.69, 9.17) is 9.47 Å². The van der Waals surface area contributed by atoms with Crippen molar-refractivity contribution in [2.24, 2.45) is 11.8 Å². The molecule has 310 valence electrons. The fraction of sp³-hybridized carbons (Fsp3) is 0.389. The lowest BCUT2D eigenvalue weighted by Crippen LogP contribution is -2.37. The lowest BCUT2D eigenvalue weighted by Gasteiger charge is -2.35. The van der Waals surface area contributed by atoms with Crippen molar-refractivity contribution in [1.82, 2.24) is 39.2 Å². The van der Waals surface area contributed by atoms with Crippen molar-refractivity contribution in [2.45, 2.75) is 52.5 Å². The lowest BCUT2D eigenvalue weighted by atomic mass is 9.91. The number of aryl methyl sites for hydroxylation is 2. The maximum atomic E-state index is 14.2. The van der Waals surface area contributed by atoms with Gasteiger partial charge in [0.1, 0.15) is 24.3 Å². The zero-order chi connectivity index (χ0) is 41.8. The Kier molecular flexibility index (Phi) is 12.4. The molecule has 2 aliphatic rings. The number of anilines is 2. The third-order valence-electron chi connectivity index (χ3n) is 8.72. The first-order valence-electron chi connectivity index (χ1n) is 17.7. The summed E-state index contributed by atoms with van der Waals surface area (Å²) in [6.45, 7) is 9.33. The Balaban J connectivity index is 0.000000188. The van der Waals surface area contributed by atoms with E-state index in [1.165, 1.54) is 33.8 Å². The highest BCUT2D eigenvalue weighted by Crippen LogP contribution is 2.36. The van der Waals surface area contributed by atoms with Gasteiger partial charge in [-0.1, -0.05) is 26.0 Å². The van der Waals surface area contributed by atoms with Crippen LogP contribution >= 0.6 is 0 Å². The molecule has 0 radical (unpaired) electrons. The molecule has 0 bridgehead atoms. The fourth-order valence-corrected chi connectivity index (χ4v) is 6.06. The fourth-order valence-electron chi connectivity index (χ4n) is 6.06. The van der Waals surface area contributed by atoms with Gasteiger partial charge < -0.3 is 29.6 Å². The summed E-state index contributed by atoms with van der Waals surface area (Å²) in [7, 11) is 0. The van der Waals surface area contributed by atoms with Gasteiger partial charge in [-0.2, -0.15) is 29.2 Å². The summed E-state index contributed by atoms with van der Waals surface area (Å²) in [5.41, 5.74) is 2.32. The molecule has 0 saturated carbocycles. The summed E-state index contributed by atoms with van der Waals surface area (Å²) >= 11 is 0. The van der Waals surface area contributed by atoms with Gasteiger partial charge in [0.25, 0.3) is 11.6 Å². The average molecular weight is 825 g/mol. The van der Waals surface area contributed by atoms with Gasteiger partial charge in [0.05, 0.1) is 38.5 Å². The normalized spacial score (nSPS) is 15.6. The molecule has 6 aromatic rings. The summed E-state index contributed by atoms with van der Waals surface area (Å²) in [4.78, 5) is 16.6. The van der Waals surface area contributed by atoms with Gasteiger partial charge in [-0.25, -0.2) is 18.7 Å². The van der Waals surface area contributed by atoms with Crippen LogP contribution in [-0.4, -0.2) is 78.3 Å². The number of nitrogens with one attached hydrogen (secondary N) is 2. The van der Waals surface area contributed by atoms with Crippen LogP contribution < -0.4 is 20.1 Å². The van der Waals surface area contributed by atoms with Crippen LogP contribution in [0.15, 0.2) is 61.2 Å². The average Bonchev–Trinajstić information content (AvgIpc) is 3.78. The molecule has 0 amide bonds. The molecule has 0 aliphatic carbocycles. The van der Waals surface area contributed by atoms with E-state index < -0.39 is 47.9 Å². The zero-order valence-electron chi connectivity index (χ0n) is 31.1. The Morgan fingerprint density at radius 2 is 1.02 bits per heavy atom. The maximum Gasteiger partial charge on any atom is 0.573 e. The number of rotatable bonds is 10. The number of alkyl halides is 6. The summed E-state index contributed by atoms with van der Waals surface area (Å²) < 4.78 is 124. The number of aromatic nitrogens is 8. The molecule has 2 aliphatic heterocycles. The number of ether oxygens (including phenoxy) is 4. The third-order valence-corrected chi connectivity index (χ3v) is 8.72. The van der Waals surface area contributed by atoms with Crippen molar-refractivity contribution < 1.29 is 54.1 Å². The molecule has 14 nitrogen and oxygen atoms in total. The van der Waals surface area contributed by atoms with Gasteiger partial charge in [-0.3, -0.25) is 0 Å². The Hall–Kier alpha value is -5.90. The number of halogens is 8. The number of fused-ring (bicyclic) bond motifs is 2. The molecular weight excluding hydrogens is 788 g/mol. The van der Waals surface area contributed by atoms with Crippen LogP contribution in [0.2, 0.25) is 0 Å². The van der Waals surface area contributed by atoms with Crippen molar-refractivity contribution >= 4 is 23.2 Å². The highest BCUT2D eigenvalue weighted by Gasteiger charge is 2.36. The van der Waals surface area contributed by atoms with Crippen molar-refractivity contribution in [1.29, 1.82) is 0 Å². The molecule has 2 N–H and O–H groups in total. The number of hydrogen-bond donors (Lipinski definition) is 2. The quantitative estimate of drug-likeness (QED) is 0.131. The molecule has 2 saturated heterocycles. The Morgan fingerprint density at radius 1 is 0.638 bits per heavy atom. The van der Waals surface area contributed by atoms with Gasteiger partial charge >= 0.3 is 12.7 Å². The van der Waals surface area contributed by atoms with E-state index in [0.29, 0.717) is 72.1 Å². The standard InChI is InChI=1S/2C17H15F4N5O2.C2H6/c2*1-9-4-14(26-16(24-9)22-8-23-26)25-15(11-6-27-7-11)10-2-3-13(12(18)5-10)28-17(19,20)21;1-2/h2*2-5,8,11,15,25H,6-7H2,1H3;1-2H3. The number of benzene rings is 2. The number of nitrogens with zero attached hydrogens (tertiary/aromatic N) is 8. The SMILES string of the molecule is CC.Cc1cc(NC(c2ccc(OC(F)(F)F)c(F)c2)C2COC2)n2ncnc2n1.Cc1cc(NC(c2ccc(OC(F)(F)F)c(F)c2)C2COC2)n2ncnc2n1. The van der Waals surface area contributed by atoms with E-state index >= 15 is 0 Å². The van der Waals surface area contributed by atoms with Crippen molar-refractivity contribution in [3.05, 3.63) is 95.3 Å². The van der Waals surface area contributed by atoms with Crippen molar-refractivity contribution in [3.8, 4) is 11.5 Å².